The van der Waals surface area contributed by atoms with Gasteiger partial charge in [-0.1, -0.05) is 0 Å². The normalized spacial score (nSPS) is 17.9. The molecule has 1 aliphatic heterocycles. The summed E-state index contributed by atoms with van der Waals surface area (Å²) in [4.78, 5) is 13.4. The van der Waals surface area contributed by atoms with E-state index in [2.05, 4.69) is 4.74 Å². The molecule has 0 aromatic heterocycles. The molecule has 0 radical (unpaired) electrons. The van der Waals surface area contributed by atoms with Crippen LogP contribution in [0.3, 0.4) is 0 Å². The molecule has 1 aromatic rings. The second-order valence-corrected chi connectivity index (χ2v) is 4.72. The van der Waals surface area contributed by atoms with Crippen molar-refractivity contribution in [3.05, 3.63) is 23.8 Å². The van der Waals surface area contributed by atoms with Crippen LogP contribution in [0.4, 0.5) is 18.9 Å². The summed E-state index contributed by atoms with van der Waals surface area (Å²) in [5.74, 6) is -0.459. The lowest BCUT2D eigenvalue weighted by molar-refractivity contribution is -0.274. The Labute approximate surface area is 102 Å². The number of carbonyl (C=O) groups excluding carboxylic acids is 1. The van der Waals surface area contributed by atoms with Crippen molar-refractivity contribution in [3.8, 4) is 5.75 Å². The van der Waals surface area contributed by atoms with E-state index < -0.39 is 11.8 Å². The van der Waals surface area contributed by atoms with E-state index in [4.69, 9.17) is 0 Å². The summed E-state index contributed by atoms with van der Waals surface area (Å²) in [6.45, 7) is 3.35. The Kier molecular flexibility index (Phi) is 2.57. The highest BCUT2D eigenvalue weighted by atomic mass is 19.4. The number of ether oxygens (including phenoxy) is 1. The molecule has 98 valence electrons. The molecule has 0 saturated carbocycles. The van der Waals surface area contributed by atoms with Crippen molar-refractivity contribution in [2.45, 2.75) is 25.6 Å². The Balaban J connectivity index is 2.46. The second kappa shape index (κ2) is 3.63. The average Bonchev–Trinajstić information content (AvgIpc) is 2.39. The molecule has 0 bridgehead atoms. The quantitative estimate of drug-likeness (QED) is 0.776. The van der Waals surface area contributed by atoms with Crippen molar-refractivity contribution >= 4 is 11.6 Å². The van der Waals surface area contributed by atoms with E-state index in [9.17, 15) is 18.0 Å². The van der Waals surface area contributed by atoms with Crippen LogP contribution in [0.15, 0.2) is 18.2 Å². The topological polar surface area (TPSA) is 29.5 Å². The smallest absolute Gasteiger partial charge is 0.406 e. The maximum Gasteiger partial charge on any atom is 0.573 e. The lowest BCUT2D eigenvalue weighted by Crippen LogP contribution is -2.33. The van der Waals surface area contributed by atoms with Crippen LogP contribution in [0, 0.1) is 0 Å². The van der Waals surface area contributed by atoms with Gasteiger partial charge in [0.25, 0.3) is 0 Å². The van der Waals surface area contributed by atoms with Crippen LogP contribution < -0.4 is 9.64 Å². The first-order valence-corrected chi connectivity index (χ1v) is 5.31. The molecule has 0 aliphatic carbocycles. The predicted molar refractivity (Wildman–Crippen MR) is 59.6 cm³/mol. The van der Waals surface area contributed by atoms with E-state index in [1.54, 1.807) is 20.9 Å². The van der Waals surface area contributed by atoms with Crippen LogP contribution in [-0.4, -0.2) is 19.3 Å². The van der Waals surface area contributed by atoms with Gasteiger partial charge in [0, 0.05) is 12.7 Å². The number of likely N-dealkylation sites (N-methyl/N-ethyl adjacent to an activating group) is 1. The summed E-state index contributed by atoms with van der Waals surface area (Å²) < 4.78 is 40.3. The molecule has 1 aromatic carbocycles. The van der Waals surface area contributed by atoms with Crippen molar-refractivity contribution in [3.63, 3.8) is 0 Å². The molecule has 3 nitrogen and oxygen atoms in total. The van der Waals surface area contributed by atoms with E-state index in [-0.39, 0.29) is 11.7 Å². The second-order valence-electron chi connectivity index (χ2n) is 4.72. The van der Waals surface area contributed by atoms with Gasteiger partial charge in [0.15, 0.2) is 0 Å². The molecule has 6 heteroatoms. The zero-order valence-corrected chi connectivity index (χ0v) is 10.1. The van der Waals surface area contributed by atoms with E-state index in [0.717, 1.165) is 0 Å². The van der Waals surface area contributed by atoms with E-state index in [0.29, 0.717) is 11.3 Å². The Morgan fingerprint density at radius 1 is 1.28 bits per heavy atom. The molecule has 1 amide bonds. The number of rotatable bonds is 1. The molecule has 0 spiro atoms. The van der Waals surface area contributed by atoms with Crippen LogP contribution >= 0.6 is 0 Å². The van der Waals surface area contributed by atoms with Gasteiger partial charge in [-0.05, 0) is 37.6 Å². The van der Waals surface area contributed by atoms with Gasteiger partial charge in [-0.3, -0.25) is 4.79 Å². The minimum atomic E-state index is -4.73. The van der Waals surface area contributed by atoms with Crippen LogP contribution in [-0.2, 0) is 10.2 Å². The Hall–Kier alpha value is -1.72. The highest BCUT2D eigenvalue weighted by Gasteiger charge is 2.43. The monoisotopic (exact) mass is 259 g/mol. The molecule has 0 fully saturated rings. The number of halogens is 3. The van der Waals surface area contributed by atoms with E-state index >= 15 is 0 Å². The summed E-state index contributed by atoms with van der Waals surface area (Å²) in [5.41, 5.74) is 0.311. The van der Waals surface area contributed by atoms with Gasteiger partial charge in [0.05, 0.1) is 5.41 Å². The third kappa shape index (κ3) is 1.91. The first-order chi connectivity index (χ1) is 8.13. The fraction of sp³-hybridized carbons (Fsp3) is 0.417. The summed E-state index contributed by atoms with van der Waals surface area (Å²) in [5, 5.41) is 0. The van der Waals surface area contributed by atoms with Crippen molar-refractivity contribution in [2.75, 3.05) is 11.9 Å². The first-order valence-electron chi connectivity index (χ1n) is 5.31. The molecule has 0 saturated heterocycles. The number of fused-ring (bicyclic) bond motifs is 1. The Morgan fingerprint density at radius 2 is 1.89 bits per heavy atom. The van der Waals surface area contributed by atoms with Crippen molar-refractivity contribution in [1.82, 2.24) is 0 Å². The Bertz CT molecular complexity index is 509. The minimum Gasteiger partial charge on any atom is -0.406 e. The molecule has 1 heterocycles. The number of nitrogens with zero attached hydrogens (tertiary/aromatic N) is 1. The predicted octanol–water partition coefficient (Wildman–Crippen LogP) is 2.84. The first kappa shape index (κ1) is 12.7. The number of carbonyl (C=O) groups is 1. The lowest BCUT2D eigenvalue weighted by Gasteiger charge is -2.17. The largest absolute Gasteiger partial charge is 0.573 e. The summed E-state index contributed by atoms with van der Waals surface area (Å²) in [6.07, 6.45) is -4.73. The highest BCUT2D eigenvalue weighted by molar-refractivity contribution is 6.07. The Morgan fingerprint density at radius 3 is 2.44 bits per heavy atom. The zero-order valence-electron chi connectivity index (χ0n) is 10.1. The third-order valence-electron chi connectivity index (χ3n) is 3.08. The van der Waals surface area contributed by atoms with Gasteiger partial charge in [-0.15, -0.1) is 13.2 Å². The van der Waals surface area contributed by atoms with Crippen LogP contribution in [0.1, 0.15) is 19.4 Å². The third-order valence-corrected chi connectivity index (χ3v) is 3.08. The van der Waals surface area contributed by atoms with Crippen LogP contribution in [0.25, 0.3) is 0 Å². The van der Waals surface area contributed by atoms with Crippen molar-refractivity contribution < 1.29 is 22.7 Å². The van der Waals surface area contributed by atoms with Gasteiger partial charge in [-0.25, -0.2) is 0 Å². The standard InChI is InChI=1S/C12H12F3NO2/c1-11(2)8-6-7(18-12(13,14)15)4-5-9(8)16(3)10(11)17/h4-6H,1-3H3. The van der Waals surface area contributed by atoms with Crippen LogP contribution in [0.2, 0.25) is 0 Å². The van der Waals surface area contributed by atoms with Gasteiger partial charge in [0.2, 0.25) is 5.91 Å². The molecular formula is C12H12F3NO2. The number of hydrogen-bond acceptors (Lipinski definition) is 2. The van der Waals surface area contributed by atoms with Gasteiger partial charge in [0.1, 0.15) is 5.75 Å². The summed E-state index contributed by atoms with van der Waals surface area (Å²) in [6, 6.07) is 3.94. The SMILES string of the molecule is CN1C(=O)C(C)(C)c2cc(OC(F)(F)F)ccc21. The zero-order chi connectivity index (χ0) is 13.7. The van der Waals surface area contributed by atoms with Gasteiger partial charge < -0.3 is 9.64 Å². The van der Waals surface area contributed by atoms with Gasteiger partial charge in [-0.2, -0.15) is 0 Å². The molecule has 1 aliphatic rings. The maximum absolute atomic E-state index is 12.1. The molecule has 0 atom stereocenters. The number of hydrogen-bond donors (Lipinski definition) is 0. The van der Waals surface area contributed by atoms with E-state index in [1.165, 1.54) is 23.1 Å². The molecule has 18 heavy (non-hydrogen) atoms. The average molecular weight is 259 g/mol. The maximum atomic E-state index is 12.1. The lowest BCUT2D eigenvalue weighted by atomic mass is 9.86. The fourth-order valence-corrected chi connectivity index (χ4v) is 2.15. The number of alkyl halides is 3. The summed E-state index contributed by atoms with van der Waals surface area (Å²) in [7, 11) is 1.60. The van der Waals surface area contributed by atoms with Gasteiger partial charge >= 0.3 is 6.36 Å². The molecule has 0 unspecified atom stereocenters. The fourth-order valence-electron chi connectivity index (χ4n) is 2.15. The number of benzene rings is 1. The summed E-state index contributed by atoms with van der Waals surface area (Å²) >= 11 is 0. The number of anilines is 1. The van der Waals surface area contributed by atoms with Crippen molar-refractivity contribution in [2.24, 2.45) is 0 Å². The molecule has 2 rings (SSSR count). The molecular weight excluding hydrogens is 247 g/mol. The minimum absolute atomic E-state index is 0.151. The highest BCUT2D eigenvalue weighted by Crippen LogP contribution is 2.42. The van der Waals surface area contributed by atoms with Crippen LogP contribution in [0.5, 0.6) is 5.75 Å². The number of amides is 1. The van der Waals surface area contributed by atoms with Crippen molar-refractivity contribution in [1.29, 1.82) is 0 Å². The molecule has 0 N–H and O–H groups in total. The van der Waals surface area contributed by atoms with E-state index in [1.807, 2.05) is 0 Å².